The van der Waals surface area contributed by atoms with Crippen molar-refractivity contribution in [1.29, 1.82) is 0 Å². The Morgan fingerprint density at radius 3 is 2.38 bits per heavy atom. The Morgan fingerprint density at radius 2 is 1.77 bits per heavy atom. The van der Waals surface area contributed by atoms with Gasteiger partial charge in [-0.05, 0) is 30.3 Å². The minimum Gasteiger partial charge on any atom is -0.484 e. The van der Waals surface area contributed by atoms with E-state index in [2.05, 4.69) is 5.16 Å². The highest BCUT2D eigenvalue weighted by Crippen LogP contribution is 2.15. The van der Waals surface area contributed by atoms with E-state index in [0.29, 0.717) is 11.3 Å². The second kappa shape index (κ2) is 8.24. The summed E-state index contributed by atoms with van der Waals surface area (Å²) in [5, 5.41) is 14.2. The van der Waals surface area contributed by atoms with Gasteiger partial charge in [0.05, 0.1) is 10.5 Å². The van der Waals surface area contributed by atoms with Gasteiger partial charge in [0.25, 0.3) is 11.6 Å². The van der Waals surface area contributed by atoms with E-state index in [0.717, 1.165) is 6.07 Å². The van der Waals surface area contributed by atoms with E-state index in [1.807, 2.05) is 0 Å². The molecule has 0 fully saturated rings. The minimum absolute atomic E-state index is 0.0362. The minimum atomic E-state index is -0.891. The van der Waals surface area contributed by atoms with Crippen LogP contribution in [0.2, 0.25) is 0 Å². The number of amidine groups is 1. The standard InChI is InChI=1S/C16H14N4O6/c17-14(21)9-25-13-6-4-10(5-7-13)15(18)19-26-16(22)11-2-1-3-12(8-11)20(23)24/h1-8H,9H2,(H2,17,21)(H2,18,19). The number of hydrogen-bond acceptors (Lipinski definition) is 7. The third-order valence-electron chi connectivity index (χ3n) is 3.05. The molecule has 0 saturated carbocycles. The maximum absolute atomic E-state index is 11.9. The van der Waals surface area contributed by atoms with Crippen molar-refractivity contribution in [3.8, 4) is 5.75 Å². The van der Waals surface area contributed by atoms with Crippen molar-refractivity contribution in [2.24, 2.45) is 16.6 Å². The summed E-state index contributed by atoms with van der Waals surface area (Å²) in [6.07, 6.45) is 0. The number of oxime groups is 1. The van der Waals surface area contributed by atoms with Crippen LogP contribution in [0.3, 0.4) is 0 Å². The van der Waals surface area contributed by atoms with Gasteiger partial charge in [0, 0.05) is 17.7 Å². The van der Waals surface area contributed by atoms with Crippen LogP contribution in [-0.4, -0.2) is 29.2 Å². The third kappa shape index (κ3) is 5.03. The zero-order valence-electron chi connectivity index (χ0n) is 13.3. The van der Waals surface area contributed by atoms with E-state index in [-0.39, 0.29) is 23.7 Å². The molecule has 0 radical (unpaired) electrons. The molecule has 26 heavy (non-hydrogen) atoms. The fraction of sp³-hybridized carbons (Fsp3) is 0.0625. The van der Waals surface area contributed by atoms with Crippen LogP contribution in [0.15, 0.2) is 53.7 Å². The van der Waals surface area contributed by atoms with Gasteiger partial charge < -0.3 is 21.0 Å². The summed E-state index contributed by atoms with van der Waals surface area (Å²) in [4.78, 5) is 37.3. The second-order valence-electron chi connectivity index (χ2n) is 4.94. The predicted octanol–water partition coefficient (Wildman–Crippen LogP) is 0.936. The van der Waals surface area contributed by atoms with Gasteiger partial charge in [-0.3, -0.25) is 14.9 Å². The summed E-state index contributed by atoms with van der Waals surface area (Å²) < 4.78 is 5.09. The Hall–Kier alpha value is -3.95. The smallest absolute Gasteiger partial charge is 0.366 e. The van der Waals surface area contributed by atoms with Gasteiger partial charge in [-0.1, -0.05) is 11.2 Å². The summed E-state index contributed by atoms with van der Waals surface area (Å²) in [6.45, 7) is -0.260. The largest absolute Gasteiger partial charge is 0.484 e. The molecular weight excluding hydrogens is 344 g/mol. The highest BCUT2D eigenvalue weighted by molar-refractivity contribution is 5.98. The normalized spacial score (nSPS) is 10.8. The van der Waals surface area contributed by atoms with Crippen LogP contribution < -0.4 is 16.2 Å². The number of primary amides is 1. The highest BCUT2D eigenvalue weighted by atomic mass is 16.7. The van der Waals surface area contributed by atoms with Crippen LogP contribution in [0, 0.1) is 10.1 Å². The number of nitrogens with two attached hydrogens (primary N) is 2. The molecule has 10 nitrogen and oxygen atoms in total. The Labute approximate surface area is 147 Å². The molecule has 1 amide bonds. The summed E-state index contributed by atoms with van der Waals surface area (Å²) in [5.41, 5.74) is 10.8. The lowest BCUT2D eigenvalue weighted by molar-refractivity contribution is -0.384. The van der Waals surface area contributed by atoms with Gasteiger partial charge in [0.15, 0.2) is 12.4 Å². The molecule has 0 aromatic heterocycles. The molecule has 2 aromatic rings. The lowest BCUT2D eigenvalue weighted by Crippen LogP contribution is -2.20. The fourth-order valence-corrected chi connectivity index (χ4v) is 1.82. The van der Waals surface area contributed by atoms with Crippen LogP contribution in [0.5, 0.6) is 5.75 Å². The van der Waals surface area contributed by atoms with Crippen LogP contribution in [0.4, 0.5) is 5.69 Å². The molecule has 134 valence electrons. The molecule has 0 saturated heterocycles. The lowest BCUT2D eigenvalue weighted by atomic mass is 10.2. The maximum atomic E-state index is 11.9. The Morgan fingerprint density at radius 1 is 1.08 bits per heavy atom. The van der Waals surface area contributed by atoms with E-state index >= 15 is 0 Å². The number of nitro groups is 1. The summed E-state index contributed by atoms with van der Waals surface area (Å²) in [7, 11) is 0. The number of carbonyl (C=O) groups is 2. The molecule has 4 N–H and O–H groups in total. The average molecular weight is 358 g/mol. The van der Waals surface area contributed by atoms with Crippen molar-refractivity contribution in [2.75, 3.05) is 6.61 Å². The van der Waals surface area contributed by atoms with Crippen LogP contribution >= 0.6 is 0 Å². The third-order valence-corrected chi connectivity index (χ3v) is 3.05. The van der Waals surface area contributed by atoms with Crippen molar-refractivity contribution >= 4 is 23.4 Å². The highest BCUT2D eigenvalue weighted by Gasteiger charge is 2.13. The van der Waals surface area contributed by atoms with Gasteiger partial charge in [0.2, 0.25) is 0 Å². The maximum Gasteiger partial charge on any atom is 0.366 e. The van der Waals surface area contributed by atoms with Crippen molar-refractivity contribution < 1.29 is 24.1 Å². The van der Waals surface area contributed by atoms with Crippen LogP contribution in [0.1, 0.15) is 15.9 Å². The summed E-state index contributed by atoms with van der Waals surface area (Å²) in [6, 6.07) is 11.2. The first-order valence-electron chi connectivity index (χ1n) is 7.17. The first-order valence-corrected chi connectivity index (χ1v) is 7.17. The molecule has 0 atom stereocenters. The van der Waals surface area contributed by atoms with Gasteiger partial charge in [0.1, 0.15) is 5.75 Å². The van der Waals surface area contributed by atoms with Crippen LogP contribution in [-0.2, 0) is 9.63 Å². The van der Waals surface area contributed by atoms with Gasteiger partial charge >= 0.3 is 5.97 Å². The van der Waals surface area contributed by atoms with E-state index in [9.17, 15) is 19.7 Å². The number of rotatable bonds is 7. The second-order valence-corrected chi connectivity index (χ2v) is 4.94. The van der Waals surface area contributed by atoms with E-state index in [1.165, 1.54) is 42.5 Å². The van der Waals surface area contributed by atoms with E-state index in [4.69, 9.17) is 21.0 Å². The van der Waals surface area contributed by atoms with Crippen LogP contribution in [0.25, 0.3) is 0 Å². The van der Waals surface area contributed by atoms with Crippen molar-refractivity contribution in [2.45, 2.75) is 0 Å². The van der Waals surface area contributed by atoms with Crippen molar-refractivity contribution in [1.82, 2.24) is 0 Å². The molecule has 0 unspecified atom stereocenters. The molecule has 0 spiro atoms. The van der Waals surface area contributed by atoms with E-state index < -0.39 is 16.8 Å². The number of hydrogen-bond donors (Lipinski definition) is 2. The van der Waals surface area contributed by atoms with Crippen molar-refractivity contribution in [3.63, 3.8) is 0 Å². The number of amides is 1. The number of ether oxygens (including phenoxy) is 1. The Balaban J connectivity index is 2.03. The predicted molar refractivity (Wildman–Crippen MR) is 90.4 cm³/mol. The average Bonchev–Trinajstić information content (AvgIpc) is 2.64. The monoisotopic (exact) mass is 358 g/mol. The van der Waals surface area contributed by atoms with Gasteiger partial charge in [-0.15, -0.1) is 0 Å². The topological polar surface area (TPSA) is 160 Å². The molecule has 0 aliphatic heterocycles. The zero-order chi connectivity index (χ0) is 19.1. The number of benzene rings is 2. The molecule has 2 aromatic carbocycles. The molecule has 2 rings (SSSR count). The molecule has 10 heteroatoms. The Kier molecular flexibility index (Phi) is 5.83. The first kappa shape index (κ1) is 18.4. The SMILES string of the molecule is NC(=O)COc1ccc(/C(N)=N/OC(=O)c2cccc([N+](=O)[O-])c2)cc1. The van der Waals surface area contributed by atoms with E-state index in [1.54, 1.807) is 0 Å². The molecular formula is C16H14N4O6. The van der Waals surface area contributed by atoms with Gasteiger partial charge in [-0.2, -0.15) is 0 Å². The molecule has 0 bridgehead atoms. The number of nitro benzene ring substituents is 1. The molecule has 0 aliphatic carbocycles. The summed E-state index contributed by atoms with van der Waals surface area (Å²) >= 11 is 0. The first-order chi connectivity index (χ1) is 12.4. The number of non-ortho nitro benzene ring substituents is 1. The Bertz CT molecular complexity index is 863. The summed E-state index contributed by atoms with van der Waals surface area (Å²) in [5.74, 6) is -1.19. The van der Waals surface area contributed by atoms with Gasteiger partial charge in [-0.25, -0.2) is 4.79 Å². The number of carbonyl (C=O) groups excluding carboxylic acids is 2. The van der Waals surface area contributed by atoms with Crippen molar-refractivity contribution in [3.05, 3.63) is 69.8 Å². The fourth-order valence-electron chi connectivity index (χ4n) is 1.82. The lowest BCUT2D eigenvalue weighted by Gasteiger charge is -2.05. The molecule has 0 heterocycles. The zero-order valence-corrected chi connectivity index (χ0v) is 13.3. The molecule has 0 aliphatic rings. The number of nitrogens with zero attached hydrogens (tertiary/aromatic N) is 2. The quantitative estimate of drug-likeness (QED) is 0.245.